The van der Waals surface area contributed by atoms with Crippen LogP contribution in [-0.4, -0.2) is 33.6 Å². The maximum Gasteiger partial charge on any atom is 0.135 e. The largest absolute Gasteiger partial charge is 0.370 e. The van der Waals surface area contributed by atoms with Crippen molar-refractivity contribution >= 4 is 23.4 Å². The summed E-state index contributed by atoms with van der Waals surface area (Å²) in [5.41, 5.74) is 1.21. The molecule has 0 bridgehead atoms. The third kappa shape index (κ3) is 4.02. The zero-order chi connectivity index (χ0) is 15.2. The summed E-state index contributed by atoms with van der Waals surface area (Å²) >= 11 is 2.07. The van der Waals surface area contributed by atoms with Gasteiger partial charge in [0.1, 0.15) is 18.0 Å². The first-order valence-electron chi connectivity index (χ1n) is 8.14. The fraction of sp³-hybridized carbons (Fsp3) is 0.750. The molecule has 1 heterocycles. The minimum atomic E-state index is 0.404. The summed E-state index contributed by atoms with van der Waals surface area (Å²) < 4.78 is 0. The highest BCUT2D eigenvalue weighted by atomic mass is 32.2. The Morgan fingerprint density at radius 2 is 2.00 bits per heavy atom. The standard InChI is InChI=1S/C16H28N4S/c1-5-17-15-14(11(3)4)16(19-10-18-15)20-12-8-7-9-13(12)21-6-2/h10-13H,5-9H2,1-4H3,(H2,17,18,19,20). The lowest BCUT2D eigenvalue weighted by atomic mass is 10.0. The van der Waals surface area contributed by atoms with Crippen molar-refractivity contribution < 1.29 is 0 Å². The Morgan fingerprint density at radius 3 is 2.67 bits per heavy atom. The van der Waals surface area contributed by atoms with Crippen LogP contribution in [-0.2, 0) is 0 Å². The highest BCUT2D eigenvalue weighted by Gasteiger charge is 2.28. The van der Waals surface area contributed by atoms with Gasteiger partial charge in [0.2, 0.25) is 0 Å². The maximum absolute atomic E-state index is 4.53. The van der Waals surface area contributed by atoms with Crippen LogP contribution < -0.4 is 10.6 Å². The minimum Gasteiger partial charge on any atom is -0.370 e. The second-order valence-corrected chi connectivity index (χ2v) is 7.36. The number of aromatic nitrogens is 2. The van der Waals surface area contributed by atoms with Crippen LogP contribution in [0.25, 0.3) is 0 Å². The molecule has 4 nitrogen and oxygen atoms in total. The predicted molar refractivity (Wildman–Crippen MR) is 93.5 cm³/mol. The molecule has 2 atom stereocenters. The molecular formula is C16H28N4S. The Morgan fingerprint density at radius 1 is 1.24 bits per heavy atom. The summed E-state index contributed by atoms with van der Waals surface area (Å²) in [6, 6.07) is 0.539. The maximum atomic E-state index is 4.53. The number of nitrogens with one attached hydrogen (secondary N) is 2. The summed E-state index contributed by atoms with van der Waals surface area (Å²) in [6.45, 7) is 9.64. The highest BCUT2D eigenvalue weighted by Crippen LogP contribution is 2.34. The van der Waals surface area contributed by atoms with E-state index in [1.54, 1.807) is 6.33 Å². The van der Waals surface area contributed by atoms with Crippen LogP contribution in [0.3, 0.4) is 0 Å². The summed E-state index contributed by atoms with van der Waals surface area (Å²) in [5, 5.41) is 7.79. The van der Waals surface area contributed by atoms with Crippen LogP contribution in [0.2, 0.25) is 0 Å². The summed E-state index contributed by atoms with van der Waals surface area (Å²) in [7, 11) is 0. The van der Waals surface area contributed by atoms with Crippen molar-refractivity contribution in [1.29, 1.82) is 0 Å². The van der Waals surface area contributed by atoms with E-state index in [1.807, 2.05) is 0 Å². The number of hydrogen-bond donors (Lipinski definition) is 2. The van der Waals surface area contributed by atoms with Gasteiger partial charge >= 0.3 is 0 Å². The summed E-state index contributed by atoms with van der Waals surface area (Å²) in [6.07, 6.45) is 5.55. The minimum absolute atomic E-state index is 0.404. The molecule has 1 aromatic heterocycles. The fourth-order valence-electron chi connectivity index (χ4n) is 3.05. The molecule has 0 aliphatic heterocycles. The molecular weight excluding hydrogens is 280 g/mol. The van der Waals surface area contributed by atoms with Crippen LogP contribution in [0, 0.1) is 0 Å². The Kier molecular flexibility index (Phi) is 6.15. The van der Waals surface area contributed by atoms with E-state index in [1.165, 1.54) is 30.6 Å². The number of rotatable bonds is 7. The van der Waals surface area contributed by atoms with Gasteiger partial charge in [0.25, 0.3) is 0 Å². The molecule has 1 aromatic rings. The summed E-state index contributed by atoms with van der Waals surface area (Å²) in [5.74, 6) is 3.58. The van der Waals surface area contributed by atoms with E-state index in [2.05, 4.69) is 60.1 Å². The Labute approximate surface area is 132 Å². The lowest BCUT2D eigenvalue weighted by Crippen LogP contribution is -2.27. The first kappa shape index (κ1) is 16.4. The molecule has 2 N–H and O–H groups in total. The monoisotopic (exact) mass is 308 g/mol. The molecule has 2 unspecified atom stereocenters. The van der Waals surface area contributed by atoms with Crippen molar-refractivity contribution in [2.75, 3.05) is 22.9 Å². The number of anilines is 2. The van der Waals surface area contributed by atoms with Crippen LogP contribution in [0.1, 0.15) is 58.4 Å². The zero-order valence-electron chi connectivity index (χ0n) is 13.6. The van der Waals surface area contributed by atoms with E-state index in [0.717, 1.165) is 18.2 Å². The van der Waals surface area contributed by atoms with E-state index < -0.39 is 0 Å². The molecule has 0 aromatic carbocycles. The van der Waals surface area contributed by atoms with Gasteiger partial charge in [0.05, 0.1) is 0 Å². The molecule has 2 rings (SSSR count). The Balaban J connectivity index is 2.20. The van der Waals surface area contributed by atoms with E-state index in [-0.39, 0.29) is 0 Å². The number of nitrogens with zero attached hydrogens (tertiary/aromatic N) is 2. The van der Waals surface area contributed by atoms with Crippen molar-refractivity contribution in [1.82, 2.24) is 9.97 Å². The van der Waals surface area contributed by atoms with Gasteiger partial charge in [-0.15, -0.1) is 0 Å². The van der Waals surface area contributed by atoms with Crippen LogP contribution in [0.15, 0.2) is 6.33 Å². The molecule has 1 fully saturated rings. The van der Waals surface area contributed by atoms with Crippen molar-refractivity contribution in [3.8, 4) is 0 Å². The van der Waals surface area contributed by atoms with Gasteiger partial charge in [-0.1, -0.05) is 27.2 Å². The molecule has 1 aliphatic carbocycles. The van der Waals surface area contributed by atoms with Gasteiger partial charge in [-0.05, 0) is 31.4 Å². The molecule has 0 spiro atoms. The smallest absolute Gasteiger partial charge is 0.135 e. The molecule has 118 valence electrons. The predicted octanol–water partition coefficient (Wildman–Crippen LogP) is 4.12. The normalized spacial score (nSPS) is 21.8. The third-order valence-electron chi connectivity index (χ3n) is 3.96. The molecule has 0 radical (unpaired) electrons. The van der Waals surface area contributed by atoms with Gasteiger partial charge in [0, 0.05) is 23.4 Å². The van der Waals surface area contributed by atoms with E-state index in [0.29, 0.717) is 17.2 Å². The van der Waals surface area contributed by atoms with Crippen LogP contribution in [0.5, 0.6) is 0 Å². The number of thioether (sulfide) groups is 1. The van der Waals surface area contributed by atoms with E-state index in [9.17, 15) is 0 Å². The Bertz CT molecular complexity index is 450. The van der Waals surface area contributed by atoms with Gasteiger partial charge in [0.15, 0.2) is 0 Å². The second kappa shape index (κ2) is 7.87. The van der Waals surface area contributed by atoms with Gasteiger partial charge in [-0.25, -0.2) is 9.97 Å². The first-order chi connectivity index (χ1) is 10.2. The lowest BCUT2D eigenvalue weighted by molar-refractivity contribution is 0.751. The molecule has 21 heavy (non-hydrogen) atoms. The van der Waals surface area contributed by atoms with Gasteiger partial charge < -0.3 is 10.6 Å². The van der Waals surface area contributed by atoms with Gasteiger partial charge in [-0.2, -0.15) is 11.8 Å². The first-order valence-corrected chi connectivity index (χ1v) is 9.19. The average molecular weight is 308 g/mol. The van der Waals surface area contributed by atoms with Crippen molar-refractivity contribution in [3.63, 3.8) is 0 Å². The van der Waals surface area contributed by atoms with E-state index >= 15 is 0 Å². The van der Waals surface area contributed by atoms with Crippen LogP contribution >= 0.6 is 11.8 Å². The Hall–Kier alpha value is -0.970. The van der Waals surface area contributed by atoms with Crippen LogP contribution in [0.4, 0.5) is 11.6 Å². The second-order valence-electron chi connectivity index (χ2n) is 5.85. The number of hydrogen-bond acceptors (Lipinski definition) is 5. The SMILES string of the molecule is CCNc1ncnc(NC2CCCC2SCC)c1C(C)C. The zero-order valence-corrected chi connectivity index (χ0v) is 14.5. The van der Waals surface area contributed by atoms with Gasteiger partial charge in [-0.3, -0.25) is 0 Å². The third-order valence-corrected chi connectivity index (χ3v) is 5.29. The van der Waals surface area contributed by atoms with E-state index in [4.69, 9.17) is 0 Å². The summed E-state index contributed by atoms with van der Waals surface area (Å²) in [4.78, 5) is 8.94. The fourth-order valence-corrected chi connectivity index (χ4v) is 4.24. The van der Waals surface area contributed by atoms with Crippen molar-refractivity contribution in [3.05, 3.63) is 11.9 Å². The molecule has 0 amide bonds. The topological polar surface area (TPSA) is 49.8 Å². The molecule has 1 aliphatic rings. The molecule has 1 saturated carbocycles. The lowest BCUT2D eigenvalue weighted by Gasteiger charge is -2.24. The van der Waals surface area contributed by atoms with Crippen molar-refractivity contribution in [2.24, 2.45) is 0 Å². The van der Waals surface area contributed by atoms with Crippen molar-refractivity contribution in [2.45, 2.75) is 64.2 Å². The highest BCUT2D eigenvalue weighted by molar-refractivity contribution is 7.99. The molecule has 5 heteroatoms. The quantitative estimate of drug-likeness (QED) is 0.793. The average Bonchev–Trinajstić information content (AvgIpc) is 2.87. The molecule has 0 saturated heterocycles.